The van der Waals surface area contributed by atoms with Crippen molar-refractivity contribution in [3.8, 4) is 0 Å². The van der Waals surface area contributed by atoms with E-state index in [-0.39, 0.29) is 35.3 Å². The van der Waals surface area contributed by atoms with Crippen molar-refractivity contribution in [3.63, 3.8) is 0 Å². The number of guanidine groups is 1. The first-order valence-corrected chi connectivity index (χ1v) is 10.9. The van der Waals surface area contributed by atoms with Gasteiger partial charge in [0, 0.05) is 50.3 Å². The fourth-order valence-electron chi connectivity index (χ4n) is 3.77. The monoisotopic (exact) mass is 550 g/mol. The van der Waals surface area contributed by atoms with E-state index in [9.17, 15) is 4.79 Å². The number of benzene rings is 1. The zero-order chi connectivity index (χ0) is 21.3. The summed E-state index contributed by atoms with van der Waals surface area (Å²) in [5.41, 5.74) is 1.10. The number of nitrogens with one attached hydrogen (secondary N) is 1. The largest absolute Gasteiger partial charge is 0.381 e. The van der Waals surface area contributed by atoms with Gasteiger partial charge in [-0.2, -0.15) is 0 Å². The fraction of sp³-hybridized carbons (Fsp3) is 0.636. The molecule has 6 nitrogen and oxygen atoms in total. The maximum Gasteiger partial charge on any atom is 0.242 e. The number of rotatable bonds is 8. The second-order valence-electron chi connectivity index (χ2n) is 7.50. The number of halogens is 2. The Morgan fingerprint density at radius 1 is 1.23 bits per heavy atom. The molecule has 0 bridgehead atoms. The van der Waals surface area contributed by atoms with E-state index in [2.05, 4.69) is 11.4 Å². The molecule has 1 aliphatic rings. The molecule has 1 saturated heterocycles. The van der Waals surface area contributed by atoms with Crippen LogP contribution in [0.5, 0.6) is 0 Å². The van der Waals surface area contributed by atoms with Crippen molar-refractivity contribution in [2.75, 3.05) is 53.0 Å². The first kappa shape index (κ1) is 27.0. The number of amides is 1. The SMILES string of the molecule is CCNC(=NCC1(c2cccc(Cl)c2)CCOCC1)N(C)CC(=O)N(CC)CC.I. The van der Waals surface area contributed by atoms with E-state index in [0.29, 0.717) is 26.2 Å². The van der Waals surface area contributed by atoms with Gasteiger partial charge in [-0.15, -0.1) is 24.0 Å². The quantitative estimate of drug-likeness (QED) is 0.304. The summed E-state index contributed by atoms with van der Waals surface area (Å²) >= 11 is 6.27. The molecule has 1 heterocycles. The summed E-state index contributed by atoms with van der Waals surface area (Å²) in [6, 6.07) is 8.08. The van der Waals surface area contributed by atoms with Crippen LogP contribution in [0.2, 0.25) is 5.02 Å². The molecule has 1 fully saturated rings. The zero-order valence-corrected chi connectivity index (χ0v) is 21.7. The maximum absolute atomic E-state index is 12.5. The summed E-state index contributed by atoms with van der Waals surface area (Å²) in [7, 11) is 1.92. The first-order valence-electron chi connectivity index (χ1n) is 10.6. The molecule has 0 aromatic heterocycles. The highest BCUT2D eigenvalue weighted by Gasteiger charge is 2.35. The third-order valence-corrected chi connectivity index (χ3v) is 5.84. The lowest BCUT2D eigenvalue weighted by Gasteiger charge is -2.37. The normalized spacial score (nSPS) is 15.8. The van der Waals surface area contributed by atoms with E-state index in [4.69, 9.17) is 21.3 Å². The Morgan fingerprint density at radius 3 is 2.47 bits per heavy atom. The number of ether oxygens (including phenoxy) is 1. The summed E-state index contributed by atoms with van der Waals surface area (Å²) < 4.78 is 5.62. The van der Waals surface area contributed by atoms with Gasteiger partial charge in [0.25, 0.3) is 0 Å². The van der Waals surface area contributed by atoms with Gasteiger partial charge in [-0.3, -0.25) is 9.79 Å². The number of likely N-dealkylation sites (N-methyl/N-ethyl adjacent to an activating group) is 2. The molecule has 0 spiro atoms. The molecule has 30 heavy (non-hydrogen) atoms. The van der Waals surface area contributed by atoms with Gasteiger partial charge in [-0.05, 0) is 51.3 Å². The van der Waals surface area contributed by atoms with Crippen LogP contribution in [0.3, 0.4) is 0 Å². The maximum atomic E-state index is 12.5. The van der Waals surface area contributed by atoms with Crippen molar-refractivity contribution in [2.24, 2.45) is 4.99 Å². The van der Waals surface area contributed by atoms with E-state index in [1.54, 1.807) is 0 Å². The van der Waals surface area contributed by atoms with E-state index in [1.807, 2.05) is 55.8 Å². The van der Waals surface area contributed by atoms with Crippen LogP contribution in [0.25, 0.3) is 0 Å². The fourth-order valence-corrected chi connectivity index (χ4v) is 3.96. The average Bonchev–Trinajstić information content (AvgIpc) is 2.72. The highest BCUT2D eigenvalue weighted by molar-refractivity contribution is 14.0. The van der Waals surface area contributed by atoms with Crippen molar-refractivity contribution >= 4 is 47.4 Å². The molecule has 1 aromatic carbocycles. The molecule has 0 saturated carbocycles. The lowest BCUT2D eigenvalue weighted by atomic mass is 9.74. The topological polar surface area (TPSA) is 57.2 Å². The van der Waals surface area contributed by atoms with Gasteiger partial charge in [0.15, 0.2) is 5.96 Å². The Hall–Kier alpha value is -1.06. The molecule has 0 radical (unpaired) electrons. The minimum atomic E-state index is -0.104. The standard InChI is InChI=1S/C22H35ClN4O2.HI/c1-5-24-21(26(4)16-20(28)27(6-2)7-3)25-17-22(11-13-29-14-12-22)18-9-8-10-19(23)15-18;/h8-10,15H,5-7,11-14,16-17H2,1-4H3,(H,24,25);1H. The molecule has 1 amide bonds. The Morgan fingerprint density at radius 2 is 1.90 bits per heavy atom. The van der Waals surface area contributed by atoms with E-state index < -0.39 is 0 Å². The molecular formula is C22H36ClIN4O2. The summed E-state index contributed by atoms with van der Waals surface area (Å²) in [5.74, 6) is 0.861. The molecular weight excluding hydrogens is 515 g/mol. The number of nitrogens with zero attached hydrogens (tertiary/aromatic N) is 3. The summed E-state index contributed by atoms with van der Waals surface area (Å²) in [6.45, 7) is 10.6. The number of carbonyl (C=O) groups excluding carboxylic acids is 1. The van der Waals surface area contributed by atoms with Gasteiger partial charge in [0.1, 0.15) is 0 Å². The molecule has 0 atom stereocenters. The summed E-state index contributed by atoms with van der Waals surface area (Å²) in [4.78, 5) is 21.2. The minimum Gasteiger partial charge on any atom is -0.381 e. The third kappa shape index (κ3) is 7.27. The smallest absolute Gasteiger partial charge is 0.242 e. The molecule has 0 aliphatic carbocycles. The summed E-state index contributed by atoms with van der Waals surface area (Å²) in [5, 5.41) is 4.07. The molecule has 1 N–H and O–H groups in total. The van der Waals surface area contributed by atoms with Crippen LogP contribution in [0.4, 0.5) is 0 Å². The second-order valence-corrected chi connectivity index (χ2v) is 7.93. The number of hydrogen-bond donors (Lipinski definition) is 1. The number of carbonyl (C=O) groups is 1. The predicted molar refractivity (Wildman–Crippen MR) is 135 cm³/mol. The highest BCUT2D eigenvalue weighted by atomic mass is 127. The van der Waals surface area contributed by atoms with Crippen molar-refractivity contribution in [1.82, 2.24) is 15.1 Å². The second kappa shape index (κ2) is 13.4. The van der Waals surface area contributed by atoms with Crippen LogP contribution in [0, 0.1) is 0 Å². The average molecular weight is 551 g/mol. The van der Waals surface area contributed by atoms with Crippen molar-refractivity contribution in [2.45, 2.75) is 39.0 Å². The Balaban J connectivity index is 0.00000450. The number of aliphatic imine (C=N–C) groups is 1. The van der Waals surface area contributed by atoms with Gasteiger partial charge >= 0.3 is 0 Å². The molecule has 8 heteroatoms. The van der Waals surface area contributed by atoms with Gasteiger partial charge in [0.2, 0.25) is 5.91 Å². The van der Waals surface area contributed by atoms with Crippen LogP contribution in [0.15, 0.2) is 29.3 Å². The Kier molecular flexibility index (Phi) is 12.0. The molecule has 2 rings (SSSR count). The Bertz CT molecular complexity index is 691. The van der Waals surface area contributed by atoms with Gasteiger partial charge in [-0.25, -0.2) is 0 Å². The lowest BCUT2D eigenvalue weighted by Crippen LogP contribution is -2.46. The number of hydrogen-bond acceptors (Lipinski definition) is 3. The van der Waals surface area contributed by atoms with Crippen LogP contribution in [-0.2, 0) is 14.9 Å². The van der Waals surface area contributed by atoms with E-state index in [0.717, 1.165) is 43.6 Å². The zero-order valence-electron chi connectivity index (χ0n) is 18.6. The van der Waals surface area contributed by atoms with Crippen molar-refractivity contribution in [1.29, 1.82) is 0 Å². The summed E-state index contributed by atoms with van der Waals surface area (Å²) in [6.07, 6.45) is 1.80. The molecule has 1 aliphatic heterocycles. The van der Waals surface area contributed by atoms with Gasteiger partial charge in [0.05, 0.1) is 13.1 Å². The van der Waals surface area contributed by atoms with Gasteiger partial charge in [-0.1, -0.05) is 23.7 Å². The molecule has 170 valence electrons. The highest BCUT2D eigenvalue weighted by Crippen LogP contribution is 2.36. The predicted octanol–water partition coefficient (Wildman–Crippen LogP) is 3.77. The van der Waals surface area contributed by atoms with Crippen LogP contribution in [0.1, 0.15) is 39.2 Å². The van der Waals surface area contributed by atoms with Crippen LogP contribution in [-0.4, -0.2) is 74.7 Å². The lowest BCUT2D eigenvalue weighted by molar-refractivity contribution is -0.131. The molecule has 0 unspecified atom stereocenters. The van der Waals surface area contributed by atoms with E-state index >= 15 is 0 Å². The molecule has 1 aromatic rings. The van der Waals surface area contributed by atoms with Gasteiger partial charge < -0.3 is 19.9 Å². The Labute approximate surface area is 203 Å². The minimum absolute atomic E-state index is 0. The van der Waals surface area contributed by atoms with Crippen molar-refractivity contribution < 1.29 is 9.53 Å². The van der Waals surface area contributed by atoms with Crippen molar-refractivity contribution in [3.05, 3.63) is 34.9 Å². The van der Waals surface area contributed by atoms with E-state index in [1.165, 1.54) is 5.56 Å². The third-order valence-electron chi connectivity index (χ3n) is 5.60. The van der Waals surface area contributed by atoms with Crippen LogP contribution < -0.4 is 5.32 Å². The van der Waals surface area contributed by atoms with Crippen LogP contribution >= 0.6 is 35.6 Å². The first-order chi connectivity index (χ1) is 14.0.